The Hall–Kier alpha value is -0.640. The normalized spacial score (nSPS) is 12.6. The molecule has 0 aromatic carbocycles. The summed E-state index contributed by atoms with van der Waals surface area (Å²) in [5.41, 5.74) is 0. The van der Waals surface area contributed by atoms with Crippen LogP contribution in [0.25, 0.3) is 0 Å². The Balaban J connectivity index is 2.73. The van der Waals surface area contributed by atoms with Crippen molar-refractivity contribution in [3.63, 3.8) is 0 Å². The van der Waals surface area contributed by atoms with E-state index in [0.29, 0.717) is 6.04 Å². The summed E-state index contributed by atoms with van der Waals surface area (Å²) >= 11 is 3.34. The molecule has 0 bridgehead atoms. The zero-order chi connectivity index (χ0) is 10.6. The van der Waals surface area contributed by atoms with Crippen molar-refractivity contribution in [1.82, 2.24) is 9.97 Å². The van der Waals surface area contributed by atoms with Crippen LogP contribution in [0.5, 0.6) is 0 Å². The molecule has 0 aliphatic carbocycles. The van der Waals surface area contributed by atoms with E-state index in [2.05, 4.69) is 51.7 Å². The van der Waals surface area contributed by atoms with E-state index in [1.807, 2.05) is 6.07 Å². The molecule has 0 amide bonds. The highest BCUT2D eigenvalue weighted by atomic mass is 79.9. The van der Waals surface area contributed by atoms with Gasteiger partial charge >= 0.3 is 0 Å². The largest absolute Gasteiger partial charge is 0.357 e. The van der Waals surface area contributed by atoms with Gasteiger partial charge in [-0.1, -0.05) is 13.3 Å². The van der Waals surface area contributed by atoms with Gasteiger partial charge in [0.15, 0.2) is 0 Å². The molecule has 0 aliphatic rings. The van der Waals surface area contributed by atoms with Crippen LogP contribution >= 0.6 is 15.9 Å². The Kier molecular flexibility index (Phi) is 4.32. The SMILES string of the molecule is CCCC(C)N(C)c1cc(Br)ncn1. The molecule has 1 unspecified atom stereocenters. The van der Waals surface area contributed by atoms with E-state index in [9.17, 15) is 0 Å². The fourth-order valence-electron chi connectivity index (χ4n) is 1.35. The second-order valence-corrected chi connectivity index (χ2v) is 4.26. The van der Waals surface area contributed by atoms with Crippen LogP contribution < -0.4 is 4.90 Å². The number of hydrogen-bond acceptors (Lipinski definition) is 3. The van der Waals surface area contributed by atoms with Crippen LogP contribution in [0.1, 0.15) is 26.7 Å². The number of halogens is 1. The molecule has 0 fully saturated rings. The van der Waals surface area contributed by atoms with Gasteiger partial charge in [0, 0.05) is 19.2 Å². The van der Waals surface area contributed by atoms with Gasteiger partial charge in [-0.2, -0.15) is 0 Å². The third-order valence-corrected chi connectivity index (χ3v) is 2.78. The summed E-state index contributed by atoms with van der Waals surface area (Å²) in [5, 5.41) is 0. The minimum Gasteiger partial charge on any atom is -0.357 e. The lowest BCUT2D eigenvalue weighted by atomic mass is 10.2. The van der Waals surface area contributed by atoms with Gasteiger partial charge in [0.2, 0.25) is 0 Å². The van der Waals surface area contributed by atoms with E-state index in [1.54, 1.807) is 6.33 Å². The molecule has 1 rings (SSSR count). The van der Waals surface area contributed by atoms with Crippen molar-refractivity contribution in [2.75, 3.05) is 11.9 Å². The third kappa shape index (κ3) is 2.94. The van der Waals surface area contributed by atoms with Crippen molar-refractivity contribution in [3.8, 4) is 0 Å². The van der Waals surface area contributed by atoms with Crippen molar-refractivity contribution >= 4 is 21.7 Å². The Morgan fingerprint density at radius 3 is 2.79 bits per heavy atom. The predicted molar refractivity (Wildman–Crippen MR) is 62.5 cm³/mol. The van der Waals surface area contributed by atoms with E-state index < -0.39 is 0 Å². The number of aromatic nitrogens is 2. The van der Waals surface area contributed by atoms with Gasteiger partial charge in [0.25, 0.3) is 0 Å². The maximum absolute atomic E-state index is 4.23. The summed E-state index contributed by atoms with van der Waals surface area (Å²) < 4.78 is 0.832. The van der Waals surface area contributed by atoms with Crippen molar-refractivity contribution < 1.29 is 0 Å². The summed E-state index contributed by atoms with van der Waals surface area (Å²) in [6.45, 7) is 4.40. The standard InChI is InChI=1S/C10H16BrN3/c1-4-5-8(2)14(3)10-6-9(11)12-7-13-10/h6-8H,4-5H2,1-3H3. The zero-order valence-electron chi connectivity index (χ0n) is 8.87. The van der Waals surface area contributed by atoms with Crippen LogP contribution in [0.3, 0.4) is 0 Å². The molecule has 0 radical (unpaired) electrons. The highest BCUT2D eigenvalue weighted by Gasteiger charge is 2.10. The number of nitrogens with zero attached hydrogens (tertiary/aromatic N) is 3. The molecule has 0 saturated heterocycles. The summed E-state index contributed by atoms with van der Waals surface area (Å²) in [7, 11) is 2.06. The van der Waals surface area contributed by atoms with Gasteiger partial charge in [0.1, 0.15) is 16.7 Å². The van der Waals surface area contributed by atoms with Gasteiger partial charge in [0.05, 0.1) is 0 Å². The molecule has 0 N–H and O–H groups in total. The Morgan fingerprint density at radius 2 is 2.21 bits per heavy atom. The average Bonchev–Trinajstić information content (AvgIpc) is 2.17. The Morgan fingerprint density at radius 1 is 1.50 bits per heavy atom. The van der Waals surface area contributed by atoms with Crippen LogP contribution in [0.4, 0.5) is 5.82 Å². The van der Waals surface area contributed by atoms with Gasteiger partial charge < -0.3 is 4.90 Å². The Labute approximate surface area is 93.7 Å². The molecular formula is C10H16BrN3. The Bertz CT molecular complexity index is 290. The van der Waals surface area contributed by atoms with Crippen molar-refractivity contribution in [2.24, 2.45) is 0 Å². The second-order valence-electron chi connectivity index (χ2n) is 3.45. The number of hydrogen-bond donors (Lipinski definition) is 0. The second kappa shape index (κ2) is 5.29. The number of anilines is 1. The van der Waals surface area contributed by atoms with Gasteiger partial charge in [-0.3, -0.25) is 0 Å². The highest BCUT2D eigenvalue weighted by molar-refractivity contribution is 9.10. The summed E-state index contributed by atoms with van der Waals surface area (Å²) in [4.78, 5) is 10.4. The first-order valence-electron chi connectivity index (χ1n) is 4.85. The van der Waals surface area contributed by atoms with E-state index >= 15 is 0 Å². The summed E-state index contributed by atoms with van der Waals surface area (Å²) in [6, 6.07) is 2.45. The highest BCUT2D eigenvalue weighted by Crippen LogP contribution is 2.17. The first kappa shape index (κ1) is 11.4. The lowest BCUT2D eigenvalue weighted by molar-refractivity contribution is 0.610. The van der Waals surface area contributed by atoms with Crippen LogP contribution in [-0.4, -0.2) is 23.1 Å². The van der Waals surface area contributed by atoms with E-state index in [-0.39, 0.29) is 0 Å². The van der Waals surface area contributed by atoms with Crippen molar-refractivity contribution in [3.05, 3.63) is 17.0 Å². The third-order valence-electron chi connectivity index (χ3n) is 2.35. The molecule has 1 aromatic rings. The molecule has 78 valence electrons. The molecule has 0 spiro atoms. The zero-order valence-corrected chi connectivity index (χ0v) is 10.5. The first-order chi connectivity index (χ1) is 6.65. The topological polar surface area (TPSA) is 29.0 Å². The van der Waals surface area contributed by atoms with Crippen molar-refractivity contribution in [2.45, 2.75) is 32.7 Å². The van der Waals surface area contributed by atoms with E-state index in [4.69, 9.17) is 0 Å². The minimum absolute atomic E-state index is 0.516. The molecule has 1 heterocycles. The molecule has 3 nitrogen and oxygen atoms in total. The minimum atomic E-state index is 0.516. The molecule has 4 heteroatoms. The fourth-order valence-corrected chi connectivity index (χ4v) is 1.65. The average molecular weight is 258 g/mol. The summed E-state index contributed by atoms with van der Waals surface area (Å²) in [6.07, 6.45) is 3.95. The van der Waals surface area contributed by atoms with Crippen LogP contribution in [0.2, 0.25) is 0 Å². The van der Waals surface area contributed by atoms with Crippen molar-refractivity contribution in [1.29, 1.82) is 0 Å². The molecule has 1 atom stereocenters. The van der Waals surface area contributed by atoms with Gasteiger partial charge in [-0.05, 0) is 29.3 Å². The van der Waals surface area contributed by atoms with Crippen LogP contribution in [0, 0.1) is 0 Å². The molecule has 0 saturated carbocycles. The predicted octanol–water partition coefficient (Wildman–Crippen LogP) is 2.86. The summed E-state index contributed by atoms with van der Waals surface area (Å²) in [5.74, 6) is 0.966. The molecule has 14 heavy (non-hydrogen) atoms. The smallest absolute Gasteiger partial charge is 0.133 e. The van der Waals surface area contributed by atoms with E-state index in [0.717, 1.165) is 10.4 Å². The first-order valence-corrected chi connectivity index (χ1v) is 5.64. The quantitative estimate of drug-likeness (QED) is 0.777. The van der Waals surface area contributed by atoms with E-state index in [1.165, 1.54) is 12.8 Å². The van der Waals surface area contributed by atoms with Crippen LogP contribution in [0.15, 0.2) is 17.0 Å². The van der Waals surface area contributed by atoms with Crippen LogP contribution in [-0.2, 0) is 0 Å². The molecule has 1 aromatic heterocycles. The monoisotopic (exact) mass is 257 g/mol. The maximum Gasteiger partial charge on any atom is 0.133 e. The molecular weight excluding hydrogens is 242 g/mol. The number of rotatable bonds is 4. The lowest BCUT2D eigenvalue weighted by Gasteiger charge is -2.25. The lowest BCUT2D eigenvalue weighted by Crippen LogP contribution is -2.29. The van der Waals surface area contributed by atoms with Gasteiger partial charge in [-0.25, -0.2) is 9.97 Å². The fraction of sp³-hybridized carbons (Fsp3) is 0.600. The van der Waals surface area contributed by atoms with Gasteiger partial charge in [-0.15, -0.1) is 0 Å². The maximum atomic E-state index is 4.23. The molecule has 0 aliphatic heterocycles.